The molecule has 0 radical (unpaired) electrons. The molecule has 5 rings (SSSR count). The van der Waals surface area contributed by atoms with Crippen molar-refractivity contribution in [3.63, 3.8) is 0 Å². The van der Waals surface area contributed by atoms with Crippen molar-refractivity contribution in [1.29, 1.82) is 0 Å². The maximum Gasteiger partial charge on any atom is 0.276 e. The van der Waals surface area contributed by atoms with Gasteiger partial charge in [-0.1, -0.05) is 5.16 Å². The van der Waals surface area contributed by atoms with Crippen LogP contribution in [0, 0.1) is 11.3 Å². The number of rotatable bonds is 1. The summed E-state index contributed by atoms with van der Waals surface area (Å²) < 4.78 is 17.5. The number of carbonyl (C=O) groups excluding carboxylic acids is 1. The van der Waals surface area contributed by atoms with Crippen LogP contribution in [0.3, 0.4) is 0 Å². The SMILES string of the molecule is CC1(C)Oc2cc(O)ccc2[C@H]2OCC3(CCN(C(=O)c4ccon4)CC3)C[C@@H]21. The van der Waals surface area contributed by atoms with Crippen molar-refractivity contribution in [2.75, 3.05) is 19.7 Å². The fourth-order valence-electron chi connectivity index (χ4n) is 5.16. The number of aromatic hydroxyl groups is 1. The van der Waals surface area contributed by atoms with Crippen LogP contribution in [0.4, 0.5) is 0 Å². The maximum atomic E-state index is 12.6. The summed E-state index contributed by atoms with van der Waals surface area (Å²) in [5, 5.41) is 13.6. The number of aromatic nitrogens is 1. The smallest absolute Gasteiger partial charge is 0.276 e. The summed E-state index contributed by atoms with van der Waals surface area (Å²) >= 11 is 0. The summed E-state index contributed by atoms with van der Waals surface area (Å²) in [7, 11) is 0. The highest BCUT2D eigenvalue weighted by Gasteiger charge is 2.53. The second kappa shape index (κ2) is 6.49. The lowest BCUT2D eigenvalue weighted by Gasteiger charge is -2.54. The summed E-state index contributed by atoms with van der Waals surface area (Å²) in [6.45, 7) is 6.26. The lowest BCUT2D eigenvalue weighted by Crippen LogP contribution is -2.54. The van der Waals surface area contributed by atoms with E-state index in [1.165, 1.54) is 6.26 Å². The van der Waals surface area contributed by atoms with Crippen LogP contribution in [0.15, 0.2) is 35.1 Å². The molecular formula is C22H26N2O5. The normalized spacial score (nSPS) is 27.0. The van der Waals surface area contributed by atoms with Crippen LogP contribution in [0.5, 0.6) is 11.5 Å². The van der Waals surface area contributed by atoms with Gasteiger partial charge in [0.2, 0.25) is 0 Å². The number of carbonyl (C=O) groups is 1. The third-order valence-electron chi connectivity index (χ3n) is 6.93. The van der Waals surface area contributed by atoms with Gasteiger partial charge in [-0.05, 0) is 50.7 Å². The van der Waals surface area contributed by atoms with Crippen LogP contribution >= 0.6 is 0 Å². The van der Waals surface area contributed by atoms with Gasteiger partial charge in [0.1, 0.15) is 23.4 Å². The van der Waals surface area contributed by atoms with Gasteiger partial charge >= 0.3 is 0 Å². The largest absolute Gasteiger partial charge is 0.508 e. The summed E-state index contributed by atoms with van der Waals surface area (Å²) in [6, 6.07) is 6.89. The van der Waals surface area contributed by atoms with E-state index in [9.17, 15) is 9.90 Å². The van der Waals surface area contributed by atoms with Gasteiger partial charge in [0.05, 0.1) is 12.7 Å². The minimum atomic E-state index is -0.396. The fraction of sp³-hybridized carbons (Fsp3) is 0.545. The van der Waals surface area contributed by atoms with Gasteiger partial charge in [0, 0.05) is 36.7 Å². The van der Waals surface area contributed by atoms with E-state index >= 15 is 0 Å². The molecule has 0 aliphatic carbocycles. The van der Waals surface area contributed by atoms with Crippen molar-refractivity contribution < 1.29 is 23.9 Å². The summed E-state index contributed by atoms with van der Waals surface area (Å²) in [5.74, 6) is 1.05. The van der Waals surface area contributed by atoms with Crippen molar-refractivity contribution in [3.8, 4) is 11.5 Å². The zero-order valence-corrected chi connectivity index (χ0v) is 16.8. The van der Waals surface area contributed by atoms with E-state index in [1.807, 2.05) is 11.0 Å². The number of amides is 1. The van der Waals surface area contributed by atoms with Crippen LogP contribution < -0.4 is 4.74 Å². The molecule has 7 heteroatoms. The molecule has 4 heterocycles. The minimum Gasteiger partial charge on any atom is -0.508 e. The number of ether oxygens (including phenoxy) is 2. The van der Waals surface area contributed by atoms with E-state index in [4.69, 9.17) is 14.0 Å². The van der Waals surface area contributed by atoms with Gasteiger partial charge in [0.25, 0.3) is 5.91 Å². The molecule has 1 N–H and O–H groups in total. The lowest BCUT2D eigenvalue weighted by atomic mass is 9.64. The molecule has 1 amide bonds. The maximum absolute atomic E-state index is 12.6. The second-order valence-electron chi connectivity index (χ2n) is 9.15. The van der Waals surface area contributed by atoms with Crippen molar-refractivity contribution in [1.82, 2.24) is 10.1 Å². The van der Waals surface area contributed by atoms with Crippen molar-refractivity contribution in [2.24, 2.45) is 11.3 Å². The summed E-state index contributed by atoms with van der Waals surface area (Å²) in [4.78, 5) is 14.4. The number of hydrogen-bond donors (Lipinski definition) is 1. The molecule has 0 saturated carbocycles. The first kappa shape index (κ1) is 18.5. The van der Waals surface area contributed by atoms with E-state index < -0.39 is 5.60 Å². The Labute approximate surface area is 169 Å². The molecule has 3 aliphatic rings. The Bertz CT molecular complexity index is 915. The highest BCUT2D eigenvalue weighted by Crippen LogP contribution is 2.55. The Morgan fingerprint density at radius 3 is 2.76 bits per heavy atom. The molecule has 29 heavy (non-hydrogen) atoms. The number of fused-ring (bicyclic) bond motifs is 3. The van der Waals surface area contributed by atoms with E-state index in [0.717, 1.165) is 24.8 Å². The number of hydrogen-bond acceptors (Lipinski definition) is 6. The van der Waals surface area contributed by atoms with Crippen LogP contribution in [0.2, 0.25) is 0 Å². The topological polar surface area (TPSA) is 85.0 Å². The van der Waals surface area contributed by atoms with Gasteiger partial charge in [-0.3, -0.25) is 4.79 Å². The predicted octanol–water partition coefficient (Wildman–Crippen LogP) is 3.55. The number of likely N-dealkylation sites (tertiary alicyclic amines) is 1. The minimum absolute atomic E-state index is 0.0326. The summed E-state index contributed by atoms with van der Waals surface area (Å²) in [5.41, 5.74) is 1.03. The Kier molecular flexibility index (Phi) is 4.13. The molecule has 2 fully saturated rings. The Morgan fingerprint density at radius 1 is 1.24 bits per heavy atom. The molecule has 1 spiro atoms. The Balaban J connectivity index is 1.33. The highest BCUT2D eigenvalue weighted by molar-refractivity contribution is 5.92. The molecular weight excluding hydrogens is 372 g/mol. The first-order valence-electron chi connectivity index (χ1n) is 10.2. The molecule has 2 atom stereocenters. The number of piperidine rings is 1. The number of benzene rings is 1. The van der Waals surface area contributed by atoms with Crippen molar-refractivity contribution >= 4 is 5.91 Å². The van der Waals surface area contributed by atoms with Crippen LogP contribution in [0.1, 0.15) is 55.3 Å². The monoisotopic (exact) mass is 398 g/mol. The number of phenolic OH excluding ortho intramolecular Hbond substituents is 1. The molecule has 1 aromatic heterocycles. The van der Waals surface area contributed by atoms with E-state index in [1.54, 1.807) is 18.2 Å². The molecule has 0 bridgehead atoms. The third kappa shape index (κ3) is 3.08. The van der Waals surface area contributed by atoms with Gasteiger partial charge < -0.3 is 24.0 Å². The van der Waals surface area contributed by atoms with E-state index in [-0.39, 0.29) is 29.1 Å². The first-order valence-corrected chi connectivity index (χ1v) is 10.2. The lowest BCUT2D eigenvalue weighted by molar-refractivity contribution is -0.173. The zero-order chi connectivity index (χ0) is 20.2. The molecule has 0 unspecified atom stereocenters. The molecule has 154 valence electrons. The van der Waals surface area contributed by atoms with Gasteiger partial charge in [-0.2, -0.15) is 0 Å². The van der Waals surface area contributed by atoms with Gasteiger partial charge in [0.15, 0.2) is 5.69 Å². The number of nitrogens with zero attached hydrogens (tertiary/aromatic N) is 2. The second-order valence-corrected chi connectivity index (χ2v) is 9.15. The average molecular weight is 398 g/mol. The molecule has 1 aromatic carbocycles. The zero-order valence-electron chi connectivity index (χ0n) is 16.8. The average Bonchev–Trinajstić information content (AvgIpc) is 3.23. The van der Waals surface area contributed by atoms with E-state index in [0.29, 0.717) is 31.1 Å². The van der Waals surface area contributed by atoms with E-state index in [2.05, 4.69) is 19.0 Å². The standard InChI is InChI=1S/C22H26N2O5/c1-21(2)16-12-22(6-8-24(9-7-22)20(26)17-5-10-28-23-17)13-27-19(16)15-4-3-14(25)11-18(15)29-21/h3-5,10-11,16,19,25H,6-9,12-13H2,1-2H3/t16-,19+/m0/s1. The molecule has 2 aromatic rings. The van der Waals surface area contributed by atoms with Gasteiger partial charge in [-0.15, -0.1) is 0 Å². The Morgan fingerprint density at radius 2 is 2.03 bits per heavy atom. The first-order chi connectivity index (χ1) is 13.9. The molecule has 3 aliphatic heterocycles. The molecule has 7 nitrogen and oxygen atoms in total. The fourth-order valence-corrected chi connectivity index (χ4v) is 5.16. The van der Waals surface area contributed by atoms with Crippen LogP contribution in [-0.2, 0) is 4.74 Å². The number of phenols is 1. The third-order valence-corrected chi connectivity index (χ3v) is 6.93. The van der Waals surface area contributed by atoms with Gasteiger partial charge in [-0.25, -0.2) is 0 Å². The summed E-state index contributed by atoms with van der Waals surface area (Å²) in [6.07, 6.45) is 4.19. The quantitative estimate of drug-likeness (QED) is 0.791. The predicted molar refractivity (Wildman–Crippen MR) is 104 cm³/mol. The van der Waals surface area contributed by atoms with Crippen LogP contribution in [0.25, 0.3) is 0 Å². The Hall–Kier alpha value is -2.54. The van der Waals surface area contributed by atoms with Crippen LogP contribution in [-0.4, -0.2) is 46.4 Å². The van der Waals surface area contributed by atoms with Crippen molar-refractivity contribution in [2.45, 2.75) is 44.8 Å². The molecule has 2 saturated heterocycles. The highest BCUT2D eigenvalue weighted by atomic mass is 16.5. The van der Waals surface area contributed by atoms with Crippen molar-refractivity contribution in [3.05, 3.63) is 41.8 Å².